The topological polar surface area (TPSA) is 38.3 Å². The summed E-state index contributed by atoms with van der Waals surface area (Å²) in [4.78, 5) is 12.3. The van der Waals surface area contributed by atoms with Gasteiger partial charge in [0.25, 0.3) is 0 Å². The van der Waals surface area contributed by atoms with Crippen LogP contribution in [0.3, 0.4) is 0 Å². The van der Waals surface area contributed by atoms with Crippen molar-refractivity contribution in [2.45, 2.75) is 38.1 Å². The molecule has 3 rings (SSSR count). The fourth-order valence-electron chi connectivity index (χ4n) is 3.67. The van der Waals surface area contributed by atoms with Crippen molar-refractivity contribution < 1.29 is 9.53 Å². The normalized spacial score (nSPS) is 19.7. The lowest BCUT2D eigenvalue weighted by Crippen LogP contribution is -2.38. The number of rotatable bonds is 7. The molecule has 1 amide bonds. The summed E-state index contributed by atoms with van der Waals surface area (Å²) in [6.07, 6.45) is 4.73. The van der Waals surface area contributed by atoms with Crippen LogP contribution in [0.1, 0.15) is 31.2 Å². The van der Waals surface area contributed by atoms with E-state index in [1.807, 2.05) is 18.2 Å². The number of benzene rings is 2. The maximum atomic E-state index is 12.3. The van der Waals surface area contributed by atoms with Crippen molar-refractivity contribution in [3.63, 3.8) is 0 Å². The van der Waals surface area contributed by atoms with Crippen LogP contribution in [0.15, 0.2) is 54.6 Å². The number of carbonyl (C=O) groups is 1. The first-order chi connectivity index (χ1) is 12.3. The number of hydrogen-bond acceptors (Lipinski definition) is 2. The van der Waals surface area contributed by atoms with E-state index >= 15 is 0 Å². The van der Waals surface area contributed by atoms with Gasteiger partial charge in [-0.2, -0.15) is 0 Å². The van der Waals surface area contributed by atoms with Crippen LogP contribution in [0.5, 0.6) is 0 Å². The maximum absolute atomic E-state index is 12.3. The minimum atomic E-state index is 0.153. The average molecular weight is 337 g/mol. The van der Waals surface area contributed by atoms with E-state index in [2.05, 4.69) is 41.7 Å². The van der Waals surface area contributed by atoms with Gasteiger partial charge in [-0.05, 0) is 36.0 Å². The van der Waals surface area contributed by atoms with Gasteiger partial charge in [0.1, 0.15) is 0 Å². The van der Waals surface area contributed by atoms with Gasteiger partial charge >= 0.3 is 0 Å². The lowest BCUT2D eigenvalue weighted by Gasteiger charge is -2.20. The van der Waals surface area contributed by atoms with Crippen LogP contribution in [0, 0.1) is 5.92 Å². The molecule has 0 aromatic heterocycles. The smallest absolute Gasteiger partial charge is 0.220 e. The second kappa shape index (κ2) is 8.82. The Morgan fingerprint density at radius 2 is 1.76 bits per heavy atom. The molecule has 0 heterocycles. The van der Waals surface area contributed by atoms with E-state index in [0.717, 1.165) is 25.9 Å². The summed E-state index contributed by atoms with van der Waals surface area (Å²) in [5, 5.41) is 3.20. The van der Waals surface area contributed by atoms with Crippen LogP contribution in [-0.4, -0.2) is 25.7 Å². The van der Waals surface area contributed by atoms with E-state index in [4.69, 9.17) is 4.74 Å². The fourth-order valence-corrected chi connectivity index (χ4v) is 3.67. The standard InChI is InChI=1S/C22H27NO2/c1-25-16-20-8-5-9-21(20)23-22(24)15-12-17-10-13-19(14-11-17)18-6-3-2-4-7-18/h2-4,6-7,10-11,13-14,20-21H,5,8-9,12,15-16H2,1H3,(H,23,24). The Labute approximate surface area is 150 Å². The minimum Gasteiger partial charge on any atom is -0.384 e. The van der Waals surface area contributed by atoms with Gasteiger partial charge in [-0.15, -0.1) is 0 Å². The summed E-state index contributed by atoms with van der Waals surface area (Å²) in [7, 11) is 1.73. The van der Waals surface area contributed by atoms with Gasteiger partial charge < -0.3 is 10.1 Å². The molecule has 0 radical (unpaired) electrons. The molecule has 132 valence electrons. The van der Waals surface area contributed by atoms with Gasteiger partial charge in [-0.25, -0.2) is 0 Å². The van der Waals surface area contributed by atoms with Gasteiger partial charge in [-0.3, -0.25) is 4.79 Å². The summed E-state index contributed by atoms with van der Waals surface area (Å²) < 4.78 is 5.26. The predicted molar refractivity (Wildman–Crippen MR) is 101 cm³/mol. The van der Waals surface area contributed by atoms with Crippen LogP contribution in [0.4, 0.5) is 0 Å². The van der Waals surface area contributed by atoms with Crippen molar-refractivity contribution >= 4 is 5.91 Å². The summed E-state index contributed by atoms with van der Waals surface area (Å²) in [5.41, 5.74) is 3.63. The lowest BCUT2D eigenvalue weighted by atomic mass is 10.0. The van der Waals surface area contributed by atoms with E-state index in [1.54, 1.807) is 7.11 Å². The average Bonchev–Trinajstić information content (AvgIpc) is 3.08. The van der Waals surface area contributed by atoms with E-state index in [0.29, 0.717) is 12.3 Å². The van der Waals surface area contributed by atoms with Crippen LogP contribution < -0.4 is 5.32 Å². The van der Waals surface area contributed by atoms with Crippen LogP contribution in [0.25, 0.3) is 11.1 Å². The molecule has 0 saturated heterocycles. The van der Waals surface area contributed by atoms with Crippen molar-refractivity contribution in [3.8, 4) is 11.1 Å². The van der Waals surface area contributed by atoms with E-state index < -0.39 is 0 Å². The maximum Gasteiger partial charge on any atom is 0.220 e. The van der Waals surface area contributed by atoms with Crippen molar-refractivity contribution in [1.29, 1.82) is 0 Å². The highest BCUT2D eigenvalue weighted by Crippen LogP contribution is 2.26. The monoisotopic (exact) mass is 337 g/mol. The van der Waals surface area contributed by atoms with Crippen LogP contribution in [-0.2, 0) is 16.0 Å². The van der Waals surface area contributed by atoms with Gasteiger partial charge in [0.2, 0.25) is 5.91 Å². The molecule has 0 bridgehead atoms. The minimum absolute atomic E-state index is 0.153. The van der Waals surface area contributed by atoms with Crippen molar-refractivity contribution in [1.82, 2.24) is 5.32 Å². The third kappa shape index (κ3) is 4.93. The molecule has 2 atom stereocenters. The first-order valence-electron chi connectivity index (χ1n) is 9.19. The zero-order chi connectivity index (χ0) is 17.5. The number of methoxy groups -OCH3 is 1. The van der Waals surface area contributed by atoms with Gasteiger partial charge in [0, 0.05) is 25.5 Å². The Morgan fingerprint density at radius 3 is 2.48 bits per heavy atom. The molecule has 0 spiro atoms. The molecular formula is C22H27NO2. The molecule has 1 saturated carbocycles. The Morgan fingerprint density at radius 1 is 1.04 bits per heavy atom. The number of carbonyl (C=O) groups excluding carboxylic acids is 1. The number of nitrogens with one attached hydrogen (secondary N) is 1. The van der Waals surface area contributed by atoms with Crippen molar-refractivity contribution in [3.05, 3.63) is 60.2 Å². The summed E-state index contributed by atoms with van der Waals surface area (Å²) in [5.74, 6) is 0.624. The van der Waals surface area contributed by atoms with Gasteiger partial charge in [-0.1, -0.05) is 61.0 Å². The second-order valence-electron chi connectivity index (χ2n) is 6.88. The summed E-state index contributed by atoms with van der Waals surface area (Å²) in [6, 6.07) is 19.1. The Bertz CT molecular complexity index is 666. The SMILES string of the molecule is COCC1CCCC1NC(=O)CCc1ccc(-c2ccccc2)cc1. The van der Waals surface area contributed by atoms with Crippen molar-refractivity contribution in [2.75, 3.05) is 13.7 Å². The molecular weight excluding hydrogens is 310 g/mol. The molecule has 3 heteroatoms. The first kappa shape index (κ1) is 17.7. The molecule has 1 fully saturated rings. The molecule has 3 nitrogen and oxygen atoms in total. The van der Waals surface area contributed by atoms with Gasteiger partial charge in [0.15, 0.2) is 0 Å². The van der Waals surface area contributed by atoms with E-state index in [-0.39, 0.29) is 11.9 Å². The van der Waals surface area contributed by atoms with E-state index in [1.165, 1.54) is 23.1 Å². The Kier molecular flexibility index (Phi) is 6.24. The zero-order valence-electron chi connectivity index (χ0n) is 14.9. The number of aryl methyl sites for hydroxylation is 1. The summed E-state index contributed by atoms with van der Waals surface area (Å²) in [6.45, 7) is 0.742. The zero-order valence-corrected chi connectivity index (χ0v) is 14.9. The highest BCUT2D eigenvalue weighted by atomic mass is 16.5. The molecule has 25 heavy (non-hydrogen) atoms. The molecule has 2 aromatic carbocycles. The molecule has 1 N–H and O–H groups in total. The highest BCUT2D eigenvalue weighted by molar-refractivity contribution is 5.76. The first-order valence-corrected chi connectivity index (χ1v) is 9.19. The van der Waals surface area contributed by atoms with Gasteiger partial charge in [0.05, 0.1) is 6.61 Å². The third-order valence-corrected chi connectivity index (χ3v) is 5.09. The third-order valence-electron chi connectivity index (χ3n) is 5.09. The summed E-state index contributed by atoms with van der Waals surface area (Å²) >= 11 is 0. The predicted octanol–water partition coefficient (Wildman–Crippen LogP) is 4.22. The highest BCUT2D eigenvalue weighted by Gasteiger charge is 2.28. The molecule has 2 aromatic rings. The van der Waals surface area contributed by atoms with E-state index in [9.17, 15) is 4.79 Å². The number of amides is 1. The van der Waals surface area contributed by atoms with Crippen LogP contribution in [0.2, 0.25) is 0 Å². The molecule has 1 aliphatic carbocycles. The molecule has 0 aliphatic heterocycles. The Hall–Kier alpha value is -2.13. The molecule has 1 aliphatic rings. The quantitative estimate of drug-likeness (QED) is 0.821. The molecule has 2 unspecified atom stereocenters. The van der Waals surface area contributed by atoms with Crippen molar-refractivity contribution in [2.24, 2.45) is 5.92 Å². The fraction of sp³-hybridized carbons (Fsp3) is 0.409. The largest absolute Gasteiger partial charge is 0.384 e. The number of ether oxygens (including phenoxy) is 1. The lowest BCUT2D eigenvalue weighted by molar-refractivity contribution is -0.122. The number of hydrogen-bond donors (Lipinski definition) is 1. The van der Waals surface area contributed by atoms with Crippen LogP contribution >= 0.6 is 0 Å². The Balaban J connectivity index is 1.49. The second-order valence-corrected chi connectivity index (χ2v) is 6.88.